The van der Waals surface area contributed by atoms with Crippen molar-refractivity contribution in [1.82, 2.24) is 20.5 Å². The number of nitrogens with zero attached hydrogens (tertiary/aromatic N) is 3. The number of hydrogen-bond donors (Lipinski definition) is 2. The molecule has 1 aromatic rings. The van der Waals surface area contributed by atoms with Crippen molar-refractivity contribution in [3.8, 4) is 0 Å². The van der Waals surface area contributed by atoms with Gasteiger partial charge in [-0.05, 0) is 26.7 Å². The van der Waals surface area contributed by atoms with E-state index < -0.39 is 0 Å². The predicted molar refractivity (Wildman–Crippen MR) is 119 cm³/mol. The predicted octanol–water partition coefficient (Wildman–Crippen LogP) is 3.30. The molecule has 0 bridgehead atoms. The van der Waals surface area contributed by atoms with Gasteiger partial charge in [-0.15, -0.1) is 11.3 Å². The Hall–Kier alpha value is -0.790. The average Bonchev–Trinajstić information content (AvgIpc) is 3.12. The molecule has 2 fully saturated rings. The Kier molecular flexibility index (Phi) is 8.27. The highest BCUT2D eigenvalue weighted by molar-refractivity contribution is 7.99. The maximum Gasteiger partial charge on any atom is 0.191 e. The van der Waals surface area contributed by atoms with Gasteiger partial charge in [-0.3, -0.25) is 9.89 Å². The van der Waals surface area contributed by atoms with Crippen LogP contribution < -0.4 is 10.6 Å². The molecule has 0 unspecified atom stereocenters. The zero-order valence-electron chi connectivity index (χ0n) is 16.9. The molecule has 0 spiro atoms. The van der Waals surface area contributed by atoms with Gasteiger partial charge in [-0.1, -0.05) is 19.3 Å². The first-order chi connectivity index (χ1) is 13.2. The van der Waals surface area contributed by atoms with Crippen LogP contribution in [0.5, 0.6) is 0 Å². The fourth-order valence-corrected chi connectivity index (χ4v) is 5.77. The van der Waals surface area contributed by atoms with Gasteiger partial charge in [0.2, 0.25) is 0 Å². The van der Waals surface area contributed by atoms with Crippen molar-refractivity contribution in [3.05, 3.63) is 16.1 Å². The van der Waals surface area contributed by atoms with Crippen molar-refractivity contribution in [1.29, 1.82) is 0 Å². The molecule has 0 amide bonds. The van der Waals surface area contributed by atoms with Crippen LogP contribution in [0.3, 0.4) is 0 Å². The van der Waals surface area contributed by atoms with Crippen LogP contribution in [0.1, 0.15) is 49.7 Å². The van der Waals surface area contributed by atoms with Crippen LogP contribution in [-0.2, 0) is 6.42 Å². The molecule has 2 heterocycles. The second-order valence-corrected chi connectivity index (χ2v) is 9.90. The van der Waals surface area contributed by atoms with E-state index in [9.17, 15) is 0 Å². The van der Waals surface area contributed by atoms with Crippen LogP contribution in [-0.4, -0.2) is 65.6 Å². The molecule has 1 saturated carbocycles. The Morgan fingerprint density at radius 3 is 2.67 bits per heavy atom. The molecule has 2 N–H and O–H groups in total. The smallest absolute Gasteiger partial charge is 0.191 e. The fourth-order valence-electron chi connectivity index (χ4n) is 4.22. The highest BCUT2D eigenvalue weighted by Gasteiger charge is 2.38. The standard InChI is InChI=1S/C20H35N5S2/c1-3-21-19(22-10-7-18-15-27-17(2)24-18)23-16-20(8-5-4-6-9-20)25-11-13-26-14-12-25/h15H,3-14,16H2,1-2H3,(H2,21,22,23). The summed E-state index contributed by atoms with van der Waals surface area (Å²) in [4.78, 5) is 12.4. The minimum atomic E-state index is 0.285. The van der Waals surface area contributed by atoms with E-state index >= 15 is 0 Å². The van der Waals surface area contributed by atoms with Gasteiger partial charge in [0.25, 0.3) is 0 Å². The maximum absolute atomic E-state index is 5.05. The summed E-state index contributed by atoms with van der Waals surface area (Å²) in [6, 6.07) is 0. The number of thioether (sulfide) groups is 1. The molecule has 152 valence electrons. The van der Waals surface area contributed by atoms with Crippen LogP contribution in [0.4, 0.5) is 0 Å². The molecule has 1 aliphatic heterocycles. The molecule has 0 aromatic carbocycles. The van der Waals surface area contributed by atoms with Crippen molar-refractivity contribution in [3.63, 3.8) is 0 Å². The van der Waals surface area contributed by atoms with Crippen LogP contribution >= 0.6 is 23.1 Å². The number of aliphatic imine (C=N–C) groups is 1. The Morgan fingerprint density at radius 1 is 1.22 bits per heavy atom. The number of guanidine groups is 1. The third-order valence-electron chi connectivity index (χ3n) is 5.68. The largest absolute Gasteiger partial charge is 0.357 e. The second kappa shape index (κ2) is 10.7. The van der Waals surface area contributed by atoms with Crippen LogP contribution in [0.25, 0.3) is 0 Å². The third-order valence-corrected chi connectivity index (χ3v) is 7.45. The highest BCUT2D eigenvalue weighted by atomic mass is 32.2. The first-order valence-electron chi connectivity index (χ1n) is 10.5. The summed E-state index contributed by atoms with van der Waals surface area (Å²) in [5.74, 6) is 3.51. The Morgan fingerprint density at radius 2 is 2.00 bits per heavy atom. The van der Waals surface area contributed by atoms with E-state index in [4.69, 9.17) is 4.99 Å². The Labute approximate surface area is 172 Å². The highest BCUT2D eigenvalue weighted by Crippen LogP contribution is 2.35. The first-order valence-corrected chi connectivity index (χ1v) is 12.5. The van der Waals surface area contributed by atoms with E-state index in [-0.39, 0.29) is 5.54 Å². The van der Waals surface area contributed by atoms with Gasteiger partial charge >= 0.3 is 0 Å². The van der Waals surface area contributed by atoms with E-state index in [1.54, 1.807) is 11.3 Å². The molecule has 27 heavy (non-hydrogen) atoms. The van der Waals surface area contributed by atoms with Gasteiger partial charge < -0.3 is 10.6 Å². The molecule has 1 saturated heterocycles. The Bertz CT molecular complexity index is 589. The molecule has 3 rings (SSSR count). The normalized spacial score (nSPS) is 21.2. The second-order valence-electron chi connectivity index (χ2n) is 7.61. The maximum atomic E-state index is 5.05. The summed E-state index contributed by atoms with van der Waals surface area (Å²) in [6.07, 6.45) is 7.65. The molecule has 2 aliphatic rings. The van der Waals surface area contributed by atoms with Gasteiger partial charge in [-0.2, -0.15) is 11.8 Å². The summed E-state index contributed by atoms with van der Waals surface area (Å²) < 4.78 is 0. The van der Waals surface area contributed by atoms with Crippen molar-refractivity contribution >= 4 is 29.1 Å². The van der Waals surface area contributed by atoms with E-state index in [1.807, 2.05) is 0 Å². The van der Waals surface area contributed by atoms with Crippen LogP contribution in [0.2, 0.25) is 0 Å². The minimum absolute atomic E-state index is 0.285. The van der Waals surface area contributed by atoms with E-state index in [2.05, 4.69) is 51.5 Å². The summed E-state index contributed by atoms with van der Waals surface area (Å²) in [7, 11) is 0. The fraction of sp³-hybridized carbons (Fsp3) is 0.800. The number of aryl methyl sites for hydroxylation is 1. The SMILES string of the molecule is CCNC(=NCC1(N2CCSCC2)CCCCC1)NCCc1csc(C)n1. The zero-order chi connectivity index (χ0) is 19.0. The minimum Gasteiger partial charge on any atom is -0.357 e. The number of nitrogens with one attached hydrogen (secondary N) is 2. The van der Waals surface area contributed by atoms with E-state index in [0.717, 1.165) is 37.0 Å². The Balaban J connectivity index is 1.60. The number of aromatic nitrogens is 1. The van der Waals surface area contributed by atoms with Crippen molar-refractivity contribution in [2.45, 2.75) is 57.9 Å². The van der Waals surface area contributed by atoms with Gasteiger partial charge in [0.05, 0.1) is 17.2 Å². The number of thiazole rings is 1. The number of hydrogen-bond acceptors (Lipinski definition) is 5. The monoisotopic (exact) mass is 409 g/mol. The number of rotatable bonds is 7. The molecule has 1 aliphatic carbocycles. The lowest BCUT2D eigenvalue weighted by Crippen LogP contribution is -2.55. The van der Waals surface area contributed by atoms with Crippen molar-refractivity contribution in [2.75, 3.05) is 44.2 Å². The van der Waals surface area contributed by atoms with Gasteiger partial charge in [0.15, 0.2) is 5.96 Å². The molecular weight excluding hydrogens is 374 g/mol. The molecule has 5 nitrogen and oxygen atoms in total. The summed E-state index contributed by atoms with van der Waals surface area (Å²) in [5.41, 5.74) is 1.46. The van der Waals surface area contributed by atoms with E-state index in [1.165, 1.54) is 62.4 Å². The third kappa shape index (κ3) is 6.09. The van der Waals surface area contributed by atoms with Gasteiger partial charge in [-0.25, -0.2) is 4.98 Å². The summed E-state index contributed by atoms with van der Waals surface area (Å²) in [6.45, 7) is 9.36. The zero-order valence-corrected chi connectivity index (χ0v) is 18.6. The summed E-state index contributed by atoms with van der Waals surface area (Å²) in [5, 5.41) is 10.3. The lowest BCUT2D eigenvalue weighted by molar-refractivity contribution is 0.0672. The van der Waals surface area contributed by atoms with Gasteiger partial charge in [0.1, 0.15) is 0 Å². The lowest BCUT2D eigenvalue weighted by Gasteiger charge is -2.47. The lowest BCUT2D eigenvalue weighted by atomic mass is 9.80. The average molecular weight is 410 g/mol. The van der Waals surface area contributed by atoms with Crippen LogP contribution in [0, 0.1) is 6.92 Å². The summed E-state index contributed by atoms with van der Waals surface area (Å²) >= 11 is 3.82. The van der Waals surface area contributed by atoms with Crippen molar-refractivity contribution in [2.24, 2.45) is 4.99 Å². The first kappa shape index (κ1) is 20.9. The molecule has 0 radical (unpaired) electrons. The molecule has 7 heteroatoms. The molecular formula is C20H35N5S2. The van der Waals surface area contributed by atoms with Crippen LogP contribution in [0.15, 0.2) is 10.4 Å². The molecule has 1 aromatic heterocycles. The quantitative estimate of drug-likeness (QED) is 0.535. The molecule has 0 atom stereocenters. The topological polar surface area (TPSA) is 52.6 Å². The van der Waals surface area contributed by atoms with E-state index in [0.29, 0.717) is 0 Å². The van der Waals surface area contributed by atoms with Gasteiger partial charge in [0, 0.05) is 55.0 Å². The van der Waals surface area contributed by atoms with Crippen molar-refractivity contribution < 1.29 is 0 Å².